The first-order valence-electron chi connectivity index (χ1n) is 8.68. The minimum atomic E-state index is -1.13. The lowest BCUT2D eigenvalue weighted by Gasteiger charge is -2.25. The quantitative estimate of drug-likeness (QED) is 0.754. The average molecular weight is 390 g/mol. The molecule has 0 unspecified atom stereocenters. The van der Waals surface area contributed by atoms with Crippen molar-refractivity contribution in [3.63, 3.8) is 0 Å². The molecule has 0 spiro atoms. The van der Waals surface area contributed by atoms with Crippen LogP contribution in [0.25, 0.3) is 10.6 Å². The summed E-state index contributed by atoms with van der Waals surface area (Å²) in [7, 11) is 3.15. The van der Waals surface area contributed by atoms with Crippen molar-refractivity contribution in [2.45, 2.75) is 37.6 Å². The number of thiazole rings is 1. The van der Waals surface area contributed by atoms with Crippen molar-refractivity contribution < 1.29 is 24.2 Å². The van der Waals surface area contributed by atoms with E-state index in [4.69, 9.17) is 9.47 Å². The molecule has 2 aromatic rings. The van der Waals surface area contributed by atoms with Gasteiger partial charge in [0.05, 0.1) is 26.3 Å². The molecule has 1 aromatic carbocycles. The van der Waals surface area contributed by atoms with Crippen LogP contribution in [-0.4, -0.2) is 41.7 Å². The molecule has 1 aromatic heterocycles. The Morgan fingerprint density at radius 2 is 1.93 bits per heavy atom. The van der Waals surface area contributed by atoms with Crippen molar-refractivity contribution in [1.82, 2.24) is 10.3 Å². The number of aromatic nitrogens is 1. The van der Waals surface area contributed by atoms with Gasteiger partial charge in [-0.15, -0.1) is 11.3 Å². The fraction of sp³-hybridized carbons (Fsp3) is 0.421. The molecule has 0 atom stereocenters. The summed E-state index contributed by atoms with van der Waals surface area (Å²) in [5.74, 6) is -0.0387. The molecule has 3 rings (SSSR count). The number of amides is 1. The Bertz CT molecular complexity index is 842. The van der Waals surface area contributed by atoms with Crippen LogP contribution < -0.4 is 14.8 Å². The number of ether oxygens (including phenoxy) is 2. The van der Waals surface area contributed by atoms with E-state index in [1.807, 2.05) is 17.5 Å². The van der Waals surface area contributed by atoms with Crippen LogP contribution in [0.5, 0.6) is 11.5 Å². The second-order valence-corrected chi connectivity index (χ2v) is 7.39. The molecule has 1 fully saturated rings. The van der Waals surface area contributed by atoms with Gasteiger partial charge in [-0.25, -0.2) is 9.78 Å². The Morgan fingerprint density at radius 3 is 2.56 bits per heavy atom. The van der Waals surface area contributed by atoms with E-state index in [-0.39, 0.29) is 12.3 Å². The van der Waals surface area contributed by atoms with Gasteiger partial charge < -0.3 is 19.9 Å². The van der Waals surface area contributed by atoms with Gasteiger partial charge in [0.15, 0.2) is 11.5 Å². The summed E-state index contributed by atoms with van der Waals surface area (Å²) in [5, 5.41) is 14.8. The Labute approximate surface area is 161 Å². The molecule has 0 radical (unpaired) electrons. The highest BCUT2D eigenvalue weighted by Gasteiger charge is 2.42. The third-order valence-corrected chi connectivity index (χ3v) is 5.71. The summed E-state index contributed by atoms with van der Waals surface area (Å²) >= 11 is 1.42. The van der Waals surface area contributed by atoms with Gasteiger partial charge in [0.25, 0.3) is 0 Å². The number of nitrogens with zero attached hydrogens (tertiary/aromatic N) is 1. The van der Waals surface area contributed by atoms with Crippen molar-refractivity contribution in [3.05, 3.63) is 29.3 Å². The molecular formula is C19H22N2O5S. The molecule has 0 bridgehead atoms. The van der Waals surface area contributed by atoms with Gasteiger partial charge in [0.1, 0.15) is 10.5 Å². The molecule has 7 nitrogen and oxygen atoms in total. The molecule has 1 amide bonds. The third kappa shape index (κ3) is 4.05. The van der Waals surface area contributed by atoms with Gasteiger partial charge in [-0.1, -0.05) is 12.8 Å². The topological polar surface area (TPSA) is 97.8 Å². The largest absolute Gasteiger partial charge is 0.493 e. The third-order valence-electron chi connectivity index (χ3n) is 4.77. The van der Waals surface area contributed by atoms with E-state index >= 15 is 0 Å². The van der Waals surface area contributed by atoms with E-state index in [1.54, 1.807) is 20.3 Å². The summed E-state index contributed by atoms with van der Waals surface area (Å²) in [5.41, 5.74) is 0.349. The number of carboxylic acids is 1. The van der Waals surface area contributed by atoms with Gasteiger partial charge in [-0.05, 0) is 31.0 Å². The lowest BCUT2D eigenvalue weighted by atomic mass is 9.97. The van der Waals surface area contributed by atoms with Crippen molar-refractivity contribution in [2.75, 3.05) is 14.2 Å². The highest BCUT2D eigenvalue weighted by molar-refractivity contribution is 7.13. The molecule has 0 saturated heterocycles. The molecule has 1 heterocycles. The first-order valence-corrected chi connectivity index (χ1v) is 9.56. The highest BCUT2D eigenvalue weighted by atomic mass is 32.1. The molecular weight excluding hydrogens is 368 g/mol. The summed E-state index contributed by atoms with van der Waals surface area (Å²) in [6.07, 6.45) is 2.63. The normalized spacial score (nSPS) is 15.3. The number of aliphatic carboxylic acids is 1. The monoisotopic (exact) mass is 390 g/mol. The predicted octanol–water partition coefficient (Wildman–Crippen LogP) is 2.88. The number of nitrogens with one attached hydrogen (secondary N) is 1. The van der Waals surface area contributed by atoms with E-state index in [0.717, 1.165) is 23.4 Å². The predicted molar refractivity (Wildman–Crippen MR) is 101 cm³/mol. The smallest absolute Gasteiger partial charge is 0.329 e. The zero-order chi connectivity index (χ0) is 19.4. The first kappa shape index (κ1) is 19.2. The van der Waals surface area contributed by atoms with Crippen molar-refractivity contribution in [1.29, 1.82) is 0 Å². The highest BCUT2D eigenvalue weighted by Crippen LogP contribution is 2.34. The Kier molecular flexibility index (Phi) is 5.65. The SMILES string of the molecule is COc1ccc(-c2nc(CC(=O)NC3(C(=O)O)CCCC3)cs2)cc1OC. The van der Waals surface area contributed by atoms with Crippen LogP contribution in [0.1, 0.15) is 31.4 Å². The van der Waals surface area contributed by atoms with Crippen LogP contribution in [0.15, 0.2) is 23.6 Å². The zero-order valence-corrected chi connectivity index (χ0v) is 16.1. The summed E-state index contributed by atoms with van der Waals surface area (Å²) in [6, 6.07) is 5.51. The van der Waals surface area contributed by atoms with Crippen LogP contribution in [0.4, 0.5) is 0 Å². The molecule has 27 heavy (non-hydrogen) atoms. The van der Waals surface area contributed by atoms with Gasteiger partial charge in [0, 0.05) is 10.9 Å². The minimum Gasteiger partial charge on any atom is -0.493 e. The van der Waals surface area contributed by atoms with Gasteiger partial charge in [-0.2, -0.15) is 0 Å². The van der Waals surface area contributed by atoms with Crippen molar-refractivity contribution in [3.8, 4) is 22.1 Å². The Balaban J connectivity index is 1.71. The number of hydrogen-bond acceptors (Lipinski definition) is 6. The summed E-state index contributed by atoms with van der Waals surface area (Å²) < 4.78 is 10.5. The molecule has 0 aliphatic heterocycles. The Hall–Kier alpha value is -2.61. The average Bonchev–Trinajstić information content (AvgIpc) is 3.31. The lowest BCUT2D eigenvalue weighted by Crippen LogP contribution is -2.52. The number of methoxy groups -OCH3 is 2. The van der Waals surface area contributed by atoms with E-state index in [2.05, 4.69) is 10.3 Å². The summed E-state index contributed by atoms with van der Waals surface area (Å²) in [4.78, 5) is 28.4. The molecule has 144 valence electrons. The maximum atomic E-state index is 12.4. The molecule has 8 heteroatoms. The maximum absolute atomic E-state index is 12.4. The fourth-order valence-electron chi connectivity index (χ4n) is 3.34. The van der Waals surface area contributed by atoms with Crippen LogP contribution >= 0.6 is 11.3 Å². The van der Waals surface area contributed by atoms with Crippen molar-refractivity contribution in [2.24, 2.45) is 0 Å². The maximum Gasteiger partial charge on any atom is 0.329 e. The number of benzene rings is 1. The van der Waals surface area contributed by atoms with Crippen LogP contribution in [0.2, 0.25) is 0 Å². The first-order chi connectivity index (χ1) is 13.0. The van der Waals surface area contributed by atoms with Gasteiger partial charge >= 0.3 is 5.97 Å². The molecule has 1 saturated carbocycles. The second-order valence-electron chi connectivity index (χ2n) is 6.53. The summed E-state index contributed by atoms with van der Waals surface area (Å²) in [6.45, 7) is 0. The lowest BCUT2D eigenvalue weighted by molar-refractivity contribution is -0.147. The molecule has 1 aliphatic rings. The molecule has 1 aliphatic carbocycles. The molecule has 2 N–H and O–H groups in total. The van der Waals surface area contributed by atoms with E-state index in [9.17, 15) is 14.7 Å². The minimum absolute atomic E-state index is 0.0544. The number of rotatable bonds is 7. The number of carboxylic acid groups (broad SMARTS) is 1. The van der Waals surface area contributed by atoms with Gasteiger partial charge in [0.2, 0.25) is 5.91 Å². The zero-order valence-electron chi connectivity index (χ0n) is 15.3. The van der Waals surface area contributed by atoms with E-state index < -0.39 is 11.5 Å². The van der Waals surface area contributed by atoms with Crippen LogP contribution in [0.3, 0.4) is 0 Å². The number of carbonyl (C=O) groups excluding carboxylic acids is 1. The number of hydrogen-bond donors (Lipinski definition) is 2. The van der Waals surface area contributed by atoms with Crippen LogP contribution in [0, 0.1) is 0 Å². The van der Waals surface area contributed by atoms with Crippen LogP contribution in [-0.2, 0) is 16.0 Å². The fourth-order valence-corrected chi connectivity index (χ4v) is 4.15. The van der Waals surface area contributed by atoms with E-state index in [1.165, 1.54) is 11.3 Å². The van der Waals surface area contributed by atoms with Gasteiger partial charge in [-0.3, -0.25) is 4.79 Å². The number of carbonyl (C=O) groups is 2. The second kappa shape index (κ2) is 7.96. The van der Waals surface area contributed by atoms with Crippen molar-refractivity contribution >= 4 is 23.2 Å². The van der Waals surface area contributed by atoms with E-state index in [0.29, 0.717) is 30.0 Å². The standard InChI is InChI=1S/C19H22N2O5S/c1-25-14-6-5-12(9-15(14)26-2)17-20-13(11-27-17)10-16(22)21-19(18(23)24)7-3-4-8-19/h5-6,9,11H,3-4,7-8,10H2,1-2H3,(H,21,22)(H,23,24). The Morgan fingerprint density at radius 1 is 1.22 bits per heavy atom.